The van der Waals surface area contributed by atoms with Gasteiger partial charge in [-0.05, 0) is 82.6 Å². The van der Waals surface area contributed by atoms with Crippen molar-refractivity contribution in [2.75, 3.05) is 6.61 Å². The monoisotopic (exact) mass is 529 g/mol. The first kappa shape index (κ1) is 26.2. The SMILES string of the molecule is C=CC1OC(/C=C/c2ccccc2)C(C)(C)C(=O)N1OCCCCc1ccc2ccc3cccc4ccc1c2c34. The molecule has 5 aromatic carbocycles. The molecule has 2 atom stereocenters. The Bertz CT molecular complexity index is 1670. The fourth-order valence-electron chi connectivity index (χ4n) is 5.82. The lowest BCUT2D eigenvalue weighted by Crippen LogP contribution is -2.58. The average molecular weight is 530 g/mol. The van der Waals surface area contributed by atoms with E-state index in [0.29, 0.717) is 6.61 Å². The third kappa shape index (κ3) is 4.78. The Labute approximate surface area is 235 Å². The average Bonchev–Trinajstić information content (AvgIpc) is 2.98. The van der Waals surface area contributed by atoms with Crippen molar-refractivity contribution < 1.29 is 14.4 Å². The number of unbranched alkanes of at least 4 members (excludes halogenated alkanes) is 1. The number of aryl methyl sites for hydroxylation is 1. The van der Waals surface area contributed by atoms with Crippen LogP contribution in [0.5, 0.6) is 0 Å². The van der Waals surface area contributed by atoms with Crippen LogP contribution in [0, 0.1) is 5.41 Å². The van der Waals surface area contributed by atoms with Crippen molar-refractivity contribution in [3.8, 4) is 0 Å². The van der Waals surface area contributed by atoms with E-state index in [1.807, 2.05) is 56.3 Å². The number of hydrogen-bond acceptors (Lipinski definition) is 3. The molecule has 1 heterocycles. The van der Waals surface area contributed by atoms with E-state index in [-0.39, 0.29) is 5.91 Å². The first-order valence-corrected chi connectivity index (χ1v) is 14.1. The third-order valence-corrected chi connectivity index (χ3v) is 8.13. The molecule has 0 radical (unpaired) electrons. The van der Waals surface area contributed by atoms with Gasteiger partial charge in [-0.15, -0.1) is 0 Å². The predicted molar refractivity (Wildman–Crippen MR) is 164 cm³/mol. The lowest BCUT2D eigenvalue weighted by molar-refractivity contribution is -0.275. The second-order valence-corrected chi connectivity index (χ2v) is 11.2. The highest BCUT2D eigenvalue weighted by atomic mass is 16.7. The van der Waals surface area contributed by atoms with Crippen molar-refractivity contribution in [1.29, 1.82) is 0 Å². The van der Waals surface area contributed by atoms with Crippen molar-refractivity contribution in [2.45, 2.75) is 45.4 Å². The third-order valence-electron chi connectivity index (χ3n) is 8.13. The molecule has 0 N–H and O–H groups in total. The van der Waals surface area contributed by atoms with Crippen LogP contribution in [0.3, 0.4) is 0 Å². The highest BCUT2D eigenvalue weighted by Crippen LogP contribution is 2.37. The molecule has 1 aliphatic rings. The molecule has 4 nitrogen and oxygen atoms in total. The molecule has 1 fully saturated rings. The van der Waals surface area contributed by atoms with Crippen molar-refractivity contribution in [1.82, 2.24) is 5.06 Å². The highest BCUT2D eigenvalue weighted by molar-refractivity contribution is 6.23. The molecule has 1 amide bonds. The van der Waals surface area contributed by atoms with Crippen molar-refractivity contribution in [3.05, 3.63) is 115 Å². The van der Waals surface area contributed by atoms with Gasteiger partial charge in [0.25, 0.3) is 5.91 Å². The summed E-state index contributed by atoms with van der Waals surface area (Å²) in [6.07, 6.45) is 7.28. The Hall–Kier alpha value is -3.99. The molecule has 1 saturated heterocycles. The molecule has 1 aliphatic heterocycles. The van der Waals surface area contributed by atoms with Crippen LogP contribution in [0.15, 0.2) is 104 Å². The van der Waals surface area contributed by atoms with Gasteiger partial charge in [-0.3, -0.25) is 9.63 Å². The Kier molecular flexibility index (Phi) is 7.14. The summed E-state index contributed by atoms with van der Waals surface area (Å²) in [5, 5.41) is 9.25. The van der Waals surface area contributed by atoms with Crippen LogP contribution < -0.4 is 0 Å². The van der Waals surface area contributed by atoms with Crippen molar-refractivity contribution in [3.63, 3.8) is 0 Å². The van der Waals surface area contributed by atoms with E-state index in [1.54, 1.807) is 6.08 Å². The molecule has 0 spiro atoms. The molecule has 4 heteroatoms. The minimum absolute atomic E-state index is 0.0989. The molecule has 0 aromatic heterocycles. The fourth-order valence-corrected chi connectivity index (χ4v) is 5.82. The normalized spacial score (nSPS) is 19.4. The number of carbonyl (C=O) groups excluding carboxylic acids is 1. The summed E-state index contributed by atoms with van der Waals surface area (Å²) >= 11 is 0. The number of rotatable bonds is 9. The fraction of sp³-hybridized carbons (Fsp3) is 0.250. The maximum Gasteiger partial charge on any atom is 0.257 e. The smallest absolute Gasteiger partial charge is 0.257 e. The Morgan fingerprint density at radius 1 is 0.875 bits per heavy atom. The topological polar surface area (TPSA) is 38.8 Å². The molecule has 40 heavy (non-hydrogen) atoms. The van der Waals surface area contributed by atoms with Crippen LogP contribution in [-0.4, -0.2) is 29.9 Å². The quantitative estimate of drug-likeness (QED) is 0.109. The second-order valence-electron chi connectivity index (χ2n) is 11.2. The van der Waals surface area contributed by atoms with Crippen LogP contribution in [0.2, 0.25) is 0 Å². The molecule has 0 saturated carbocycles. The maximum atomic E-state index is 13.5. The molecule has 6 rings (SSSR count). The zero-order valence-corrected chi connectivity index (χ0v) is 23.2. The van der Waals surface area contributed by atoms with Crippen molar-refractivity contribution >= 4 is 44.3 Å². The number of ether oxygens (including phenoxy) is 1. The number of amides is 1. The van der Waals surface area contributed by atoms with Crippen LogP contribution in [0.4, 0.5) is 0 Å². The highest BCUT2D eigenvalue weighted by Gasteiger charge is 2.47. The van der Waals surface area contributed by atoms with Crippen molar-refractivity contribution in [2.24, 2.45) is 5.41 Å². The van der Waals surface area contributed by atoms with Gasteiger partial charge in [0.1, 0.15) is 0 Å². The first-order chi connectivity index (χ1) is 19.5. The maximum absolute atomic E-state index is 13.5. The second kappa shape index (κ2) is 10.9. The van der Waals surface area contributed by atoms with E-state index in [2.05, 4.69) is 61.2 Å². The van der Waals surface area contributed by atoms with Gasteiger partial charge in [0.15, 0.2) is 6.23 Å². The van der Waals surface area contributed by atoms with Crippen LogP contribution in [0.25, 0.3) is 38.4 Å². The molecule has 202 valence electrons. The van der Waals surface area contributed by atoms with Gasteiger partial charge in [-0.1, -0.05) is 104 Å². The summed E-state index contributed by atoms with van der Waals surface area (Å²) in [6, 6.07) is 29.9. The molecule has 0 aliphatic carbocycles. The van der Waals surface area contributed by atoms with Crippen LogP contribution in [0.1, 0.15) is 37.8 Å². The Morgan fingerprint density at radius 3 is 2.33 bits per heavy atom. The van der Waals surface area contributed by atoms with Gasteiger partial charge in [-0.2, -0.15) is 5.06 Å². The zero-order valence-electron chi connectivity index (χ0n) is 23.2. The standard InChI is InChI=1S/C36H35NO3/c1-4-32-37(35(38)36(2,3)31(40-32)23-16-25-11-6-5-7-12-25)39-24-9-8-13-26-17-18-29-20-19-27-14-10-15-28-21-22-30(26)34(29)33(27)28/h4-7,10-12,14-23,31-32H,1,8-9,13,24H2,2-3H3/b23-16+. The Morgan fingerprint density at radius 2 is 1.57 bits per heavy atom. The Balaban J connectivity index is 1.10. The lowest BCUT2D eigenvalue weighted by atomic mass is 9.83. The lowest BCUT2D eigenvalue weighted by Gasteiger charge is -2.44. The van der Waals surface area contributed by atoms with E-state index >= 15 is 0 Å². The number of hydroxylamine groups is 2. The molecular formula is C36H35NO3. The molecule has 2 unspecified atom stereocenters. The van der Waals surface area contributed by atoms with E-state index in [4.69, 9.17) is 9.57 Å². The minimum Gasteiger partial charge on any atom is -0.344 e. The number of carbonyl (C=O) groups is 1. The number of hydrogen-bond donors (Lipinski definition) is 0. The molecular weight excluding hydrogens is 494 g/mol. The largest absolute Gasteiger partial charge is 0.344 e. The summed E-state index contributed by atoms with van der Waals surface area (Å²) < 4.78 is 6.26. The van der Waals surface area contributed by atoms with Gasteiger partial charge in [0.05, 0.1) is 18.1 Å². The van der Waals surface area contributed by atoms with Gasteiger partial charge in [0, 0.05) is 0 Å². The van der Waals surface area contributed by atoms with E-state index in [1.165, 1.54) is 42.9 Å². The van der Waals surface area contributed by atoms with Gasteiger partial charge in [-0.25, -0.2) is 0 Å². The summed E-state index contributed by atoms with van der Waals surface area (Å²) in [5.41, 5.74) is 1.64. The zero-order chi connectivity index (χ0) is 27.7. The van der Waals surface area contributed by atoms with E-state index in [0.717, 1.165) is 24.8 Å². The van der Waals surface area contributed by atoms with Crippen LogP contribution in [-0.2, 0) is 20.8 Å². The predicted octanol–water partition coefficient (Wildman–Crippen LogP) is 8.32. The van der Waals surface area contributed by atoms with Crippen LogP contribution >= 0.6 is 0 Å². The summed E-state index contributed by atoms with van der Waals surface area (Å²) in [7, 11) is 0. The summed E-state index contributed by atoms with van der Waals surface area (Å²) in [6.45, 7) is 8.13. The van der Waals surface area contributed by atoms with Gasteiger partial charge >= 0.3 is 0 Å². The number of nitrogens with zero attached hydrogens (tertiary/aromatic N) is 1. The minimum atomic E-state index is -0.771. The first-order valence-electron chi connectivity index (χ1n) is 14.1. The number of benzene rings is 5. The summed E-state index contributed by atoms with van der Waals surface area (Å²) in [5.74, 6) is -0.0989. The molecule has 5 aromatic rings. The van der Waals surface area contributed by atoms with E-state index in [9.17, 15) is 4.79 Å². The van der Waals surface area contributed by atoms with Gasteiger partial charge in [0.2, 0.25) is 0 Å². The van der Waals surface area contributed by atoms with Gasteiger partial charge < -0.3 is 4.74 Å². The van der Waals surface area contributed by atoms with E-state index < -0.39 is 17.7 Å². The molecule has 0 bridgehead atoms. The summed E-state index contributed by atoms with van der Waals surface area (Å²) in [4.78, 5) is 19.5.